The Kier molecular flexibility index (Phi) is 5.29. The molecule has 0 aromatic heterocycles. The number of carbonyl (C=O) groups is 2. The summed E-state index contributed by atoms with van der Waals surface area (Å²) in [6.07, 6.45) is 1.27. The minimum Gasteiger partial charge on any atom is -0.458 e. The second kappa shape index (κ2) is 7.22. The van der Waals surface area contributed by atoms with Crippen molar-refractivity contribution in [2.24, 2.45) is 5.92 Å². The highest BCUT2D eigenvalue weighted by Gasteiger charge is 2.57. The van der Waals surface area contributed by atoms with Crippen molar-refractivity contribution in [3.05, 3.63) is 35.5 Å². The van der Waals surface area contributed by atoms with Gasteiger partial charge in [-0.3, -0.25) is 0 Å². The molecular formula is C20H26O7. The van der Waals surface area contributed by atoms with Crippen LogP contribution in [-0.2, 0) is 23.8 Å². The Labute approximate surface area is 158 Å². The molecule has 3 unspecified atom stereocenters. The van der Waals surface area contributed by atoms with Crippen molar-refractivity contribution >= 4 is 11.9 Å². The van der Waals surface area contributed by atoms with E-state index in [0.717, 1.165) is 0 Å². The summed E-state index contributed by atoms with van der Waals surface area (Å²) >= 11 is 0. The Morgan fingerprint density at radius 3 is 2.85 bits per heavy atom. The van der Waals surface area contributed by atoms with E-state index < -0.39 is 41.8 Å². The SMILES string of the molecule is C=C1C(=O)O[C@@H]2/C=C(/CO)C(O)CC3O[C@]3(C)CC(OC(=O)/C(C)=C\C)[C@@H]12. The second-order valence-electron chi connectivity index (χ2n) is 7.61. The van der Waals surface area contributed by atoms with Crippen molar-refractivity contribution < 1.29 is 34.0 Å². The average molecular weight is 378 g/mol. The highest BCUT2D eigenvalue weighted by molar-refractivity contribution is 5.92. The van der Waals surface area contributed by atoms with Gasteiger partial charge in [-0.15, -0.1) is 0 Å². The third kappa shape index (κ3) is 3.72. The molecular weight excluding hydrogens is 352 g/mol. The molecule has 2 fully saturated rings. The molecule has 27 heavy (non-hydrogen) atoms. The maximum atomic E-state index is 12.4. The number of epoxide rings is 1. The van der Waals surface area contributed by atoms with Crippen molar-refractivity contribution in [1.29, 1.82) is 0 Å². The van der Waals surface area contributed by atoms with Crippen LogP contribution >= 0.6 is 0 Å². The standard InChI is InChI=1S/C20H26O7/c1-5-10(2)18(23)26-15-8-20(4)16(27-20)7-13(22)12(9-21)6-14-17(15)11(3)19(24)25-14/h5-6,13-17,21-22H,3,7-9H2,1-2,4H3/b10-5-,12-6-/t13?,14-,15?,16?,17+,20-/m1/s1. The van der Waals surface area contributed by atoms with Crippen molar-refractivity contribution in [2.75, 3.05) is 6.61 Å². The van der Waals surface area contributed by atoms with Crippen molar-refractivity contribution in [3.8, 4) is 0 Å². The van der Waals surface area contributed by atoms with E-state index in [0.29, 0.717) is 24.0 Å². The minimum atomic E-state index is -0.903. The van der Waals surface area contributed by atoms with E-state index in [9.17, 15) is 19.8 Å². The topological polar surface area (TPSA) is 106 Å². The van der Waals surface area contributed by atoms with Crippen LogP contribution < -0.4 is 0 Å². The average Bonchev–Trinajstić information content (AvgIpc) is 3.15. The molecule has 0 radical (unpaired) electrons. The number of aliphatic hydroxyl groups excluding tert-OH is 2. The van der Waals surface area contributed by atoms with Crippen LogP contribution in [0.15, 0.2) is 35.5 Å². The number of aliphatic hydroxyl groups is 2. The van der Waals surface area contributed by atoms with E-state index in [1.165, 1.54) is 0 Å². The molecule has 2 saturated heterocycles. The maximum absolute atomic E-state index is 12.4. The molecule has 7 nitrogen and oxygen atoms in total. The zero-order valence-electron chi connectivity index (χ0n) is 15.8. The zero-order valence-corrected chi connectivity index (χ0v) is 15.8. The number of esters is 2. The molecule has 0 amide bonds. The van der Waals surface area contributed by atoms with Crippen LogP contribution in [0, 0.1) is 5.92 Å². The first kappa shape index (κ1) is 19.8. The van der Waals surface area contributed by atoms with E-state index >= 15 is 0 Å². The first-order valence-corrected chi connectivity index (χ1v) is 9.11. The lowest BCUT2D eigenvalue weighted by molar-refractivity contribution is -0.148. The molecule has 2 aliphatic heterocycles. The number of fused-ring (bicyclic) bond motifs is 2. The molecule has 7 heteroatoms. The smallest absolute Gasteiger partial charge is 0.334 e. The fourth-order valence-corrected chi connectivity index (χ4v) is 3.77. The summed E-state index contributed by atoms with van der Waals surface area (Å²) in [6, 6.07) is 0. The first-order valence-electron chi connectivity index (χ1n) is 9.11. The highest BCUT2D eigenvalue weighted by Crippen LogP contribution is 2.47. The predicted octanol–water partition coefficient (Wildman–Crippen LogP) is 1.19. The highest BCUT2D eigenvalue weighted by atomic mass is 16.6. The molecule has 0 bridgehead atoms. The van der Waals surface area contributed by atoms with Crippen LogP contribution in [0.3, 0.4) is 0 Å². The van der Waals surface area contributed by atoms with Crippen molar-refractivity contribution in [2.45, 2.75) is 63.6 Å². The van der Waals surface area contributed by atoms with Gasteiger partial charge in [0.15, 0.2) is 0 Å². The van der Waals surface area contributed by atoms with Crippen molar-refractivity contribution in [3.63, 3.8) is 0 Å². The molecule has 0 saturated carbocycles. The van der Waals surface area contributed by atoms with E-state index in [2.05, 4.69) is 6.58 Å². The fourth-order valence-electron chi connectivity index (χ4n) is 3.77. The Morgan fingerprint density at radius 2 is 2.22 bits per heavy atom. The molecule has 148 valence electrons. The van der Waals surface area contributed by atoms with Gasteiger partial charge in [-0.05, 0) is 32.4 Å². The first-order chi connectivity index (χ1) is 12.7. The van der Waals surface area contributed by atoms with Crippen LogP contribution in [0.1, 0.15) is 33.6 Å². The normalized spacial score (nSPS) is 41.0. The summed E-state index contributed by atoms with van der Waals surface area (Å²) in [5, 5.41) is 20.1. The summed E-state index contributed by atoms with van der Waals surface area (Å²) in [5.74, 6) is -1.66. The van der Waals surface area contributed by atoms with Crippen LogP contribution in [0.25, 0.3) is 0 Å². The molecule has 0 spiro atoms. The molecule has 1 aliphatic carbocycles. The predicted molar refractivity (Wildman–Crippen MR) is 95.5 cm³/mol. The second-order valence-corrected chi connectivity index (χ2v) is 7.61. The van der Waals surface area contributed by atoms with Gasteiger partial charge < -0.3 is 24.4 Å². The fraction of sp³-hybridized carbons (Fsp3) is 0.600. The van der Waals surface area contributed by atoms with E-state index in [-0.39, 0.29) is 18.3 Å². The third-order valence-electron chi connectivity index (χ3n) is 5.74. The molecule has 2 heterocycles. The molecule has 6 atom stereocenters. The van der Waals surface area contributed by atoms with E-state index in [1.54, 1.807) is 26.0 Å². The minimum absolute atomic E-state index is 0.209. The third-order valence-corrected chi connectivity index (χ3v) is 5.74. The van der Waals surface area contributed by atoms with Crippen LogP contribution in [0.2, 0.25) is 0 Å². The number of ether oxygens (including phenoxy) is 3. The van der Waals surface area contributed by atoms with E-state index in [4.69, 9.17) is 14.2 Å². The quantitative estimate of drug-likeness (QED) is 0.329. The lowest BCUT2D eigenvalue weighted by Crippen LogP contribution is -2.38. The lowest BCUT2D eigenvalue weighted by atomic mass is 9.82. The Bertz CT molecular complexity index is 722. The van der Waals surface area contributed by atoms with Gasteiger partial charge in [0.05, 0.1) is 30.3 Å². The molecule has 3 rings (SSSR count). The van der Waals surface area contributed by atoms with Crippen LogP contribution in [0.4, 0.5) is 0 Å². The number of allylic oxidation sites excluding steroid dienone is 1. The van der Waals surface area contributed by atoms with Gasteiger partial charge in [0.2, 0.25) is 0 Å². The summed E-state index contributed by atoms with van der Waals surface area (Å²) in [7, 11) is 0. The van der Waals surface area contributed by atoms with Crippen LogP contribution in [-0.4, -0.2) is 58.8 Å². The van der Waals surface area contributed by atoms with Gasteiger partial charge in [0.25, 0.3) is 0 Å². The summed E-state index contributed by atoms with van der Waals surface area (Å²) in [4.78, 5) is 24.5. The Balaban J connectivity index is 2.00. The number of rotatable bonds is 3. The lowest BCUT2D eigenvalue weighted by Gasteiger charge is -2.29. The number of hydrogen-bond donors (Lipinski definition) is 2. The maximum Gasteiger partial charge on any atom is 0.334 e. The monoisotopic (exact) mass is 378 g/mol. The molecule has 3 aliphatic rings. The van der Waals surface area contributed by atoms with Crippen molar-refractivity contribution in [1.82, 2.24) is 0 Å². The molecule has 0 aromatic rings. The van der Waals surface area contributed by atoms with Gasteiger partial charge in [0.1, 0.15) is 12.2 Å². The summed E-state index contributed by atoms with van der Waals surface area (Å²) in [5.41, 5.74) is 0.423. The summed E-state index contributed by atoms with van der Waals surface area (Å²) < 4.78 is 16.9. The molecule has 0 aromatic carbocycles. The molecule has 2 N–H and O–H groups in total. The Morgan fingerprint density at radius 1 is 1.52 bits per heavy atom. The van der Waals surface area contributed by atoms with E-state index in [1.807, 2.05) is 6.92 Å². The van der Waals surface area contributed by atoms with Gasteiger partial charge >= 0.3 is 11.9 Å². The largest absolute Gasteiger partial charge is 0.458 e. The zero-order chi connectivity index (χ0) is 19.9. The number of hydrogen-bond acceptors (Lipinski definition) is 7. The van der Waals surface area contributed by atoms with Crippen LogP contribution in [0.5, 0.6) is 0 Å². The summed E-state index contributed by atoms with van der Waals surface area (Å²) in [6.45, 7) is 8.73. The Hall–Kier alpha value is -1.96. The van der Waals surface area contributed by atoms with Gasteiger partial charge in [-0.25, -0.2) is 9.59 Å². The number of carbonyl (C=O) groups excluding carboxylic acids is 2. The van der Waals surface area contributed by atoms with Gasteiger partial charge in [0, 0.05) is 24.0 Å². The van der Waals surface area contributed by atoms with Gasteiger partial charge in [-0.1, -0.05) is 12.7 Å². The van der Waals surface area contributed by atoms with Gasteiger partial charge in [-0.2, -0.15) is 0 Å².